The fourth-order valence-electron chi connectivity index (χ4n) is 1.14. The molecule has 0 saturated heterocycles. The first-order valence-electron chi connectivity index (χ1n) is 4.95. The van der Waals surface area contributed by atoms with Crippen LogP contribution in [0.15, 0.2) is 24.5 Å². The Morgan fingerprint density at radius 3 is 3.07 bits per heavy atom. The normalized spacial score (nSPS) is 12.6. The molecule has 1 heterocycles. The largest absolute Gasteiger partial charge is 0.317 e. The fourth-order valence-corrected chi connectivity index (χ4v) is 1.14. The standard InChI is InChI=1S/C12H15N3/c1-10(14-2)4-3-5-11-6-12(7-13)9-15-8-11/h3,5-6,8-10,14H,4H2,1-2H3/b5-3+. The molecule has 0 aliphatic rings. The highest BCUT2D eigenvalue weighted by atomic mass is 14.8. The summed E-state index contributed by atoms with van der Waals surface area (Å²) in [4.78, 5) is 3.98. The Morgan fingerprint density at radius 1 is 1.60 bits per heavy atom. The van der Waals surface area contributed by atoms with Gasteiger partial charge < -0.3 is 5.32 Å². The molecular formula is C12H15N3. The highest BCUT2D eigenvalue weighted by molar-refractivity contribution is 5.50. The number of aromatic nitrogens is 1. The number of nitriles is 1. The van der Waals surface area contributed by atoms with E-state index in [4.69, 9.17) is 5.26 Å². The number of hydrogen-bond acceptors (Lipinski definition) is 3. The first-order valence-corrected chi connectivity index (χ1v) is 4.95. The summed E-state index contributed by atoms with van der Waals surface area (Å²) in [7, 11) is 1.94. The third kappa shape index (κ3) is 3.92. The van der Waals surface area contributed by atoms with Gasteiger partial charge in [-0.15, -0.1) is 0 Å². The number of rotatable bonds is 4. The van der Waals surface area contributed by atoms with Gasteiger partial charge in [0.25, 0.3) is 0 Å². The molecule has 0 spiro atoms. The molecule has 0 bridgehead atoms. The van der Waals surface area contributed by atoms with Crippen LogP contribution in [0.5, 0.6) is 0 Å². The summed E-state index contributed by atoms with van der Waals surface area (Å²) in [6, 6.07) is 4.36. The van der Waals surface area contributed by atoms with E-state index in [1.165, 1.54) is 0 Å². The summed E-state index contributed by atoms with van der Waals surface area (Å²) in [6.45, 7) is 2.12. The van der Waals surface area contributed by atoms with E-state index in [9.17, 15) is 0 Å². The minimum Gasteiger partial charge on any atom is -0.317 e. The topological polar surface area (TPSA) is 48.7 Å². The monoisotopic (exact) mass is 201 g/mol. The highest BCUT2D eigenvalue weighted by Gasteiger charge is 1.94. The third-order valence-corrected chi connectivity index (χ3v) is 2.18. The lowest BCUT2D eigenvalue weighted by Gasteiger charge is -2.04. The van der Waals surface area contributed by atoms with Crippen molar-refractivity contribution in [1.82, 2.24) is 10.3 Å². The van der Waals surface area contributed by atoms with Crippen molar-refractivity contribution in [2.75, 3.05) is 7.05 Å². The van der Waals surface area contributed by atoms with E-state index in [0.29, 0.717) is 11.6 Å². The van der Waals surface area contributed by atoms with Crippen molar-refractivity contribution in [1.29, 1.82) is 5.26 Å². The quantitative estimate of drug-likeness (QED) is 0.810. The van der Waals surface area contributed by atoms with E-state index in [-0.39, 0.29) is 0 Å². The van der Waals surface area contributed by atoms with Gasteiger partial charge in [-0.25, -0.2) is 0 Å². The van der Waals surface area contributed by atoms with E-state index in [2.05, 4.69) is 29.4 Å². The van der Waals surface area contributed by atoms with Crippen molar-refractivity contribution >= 4 is 6.08 Å². The average molecular weight is 201 g/mol. The summed E-state index contributed by atoms with van der Waals surface area (Å²) < 4.78 is 0. The molecule has 0 aromatic carbocycles. The maximum absolute atomic E-state index is 8.69. The molecule has 0 aliphatic heterocycles. The van der Waals surface area contributed by atoms with Gasteiger partial charge in [0.1, 0.15) is 6.07 Å². The van der Waals surface area contributed by atoms with E-state index in [0.717, 1.165) is 12.0 Å². The lowest BCUT2D eigenvalue weighted by molar-refractivity contribution is 0.621. The van der Waals surface area contributed by atoms with Gasteiger partial charge in [0.15, 0.2) is 0 Å². The molecule has 3 nitrogen and oxygen atoms in total. The molecule has 15 heavy (non-hydrogen) atoms. The lowest BCUT2D eigenvalue weighted by atomic mass is 10.1. The molecule has 0 amide bonds. The molecular weight excluding hydrogens is 186 g/mol. The molecule has 0 fully saturated rings. The Hall–Kier alpha value is -1.66. The van der Waals surface area contributed by atoms with Gasteiger partial charge in [0, 0.05) is 18.4 Å². The predicted octanol–water partition coefficient (Wildman–Crippen LogP) is 1.96. The Kier molecular flexibility index (Phi) is 4.52. The summed E-state index contributed by atoms with van der Waals surface area (Å²) >= 11 is 0. The molecule has 1 N–H and O–H groups in total. The molecule has 0 radical (unpaired) electrons. The molecule has 1 unspecified atom stereocenters. The third-order valence-electron chi connectivity index (χ3n) is 2.18. The van der Waals surface area contributed by atoms with Crippen molar-refractivity contribution in [2.45, 2.75) is 19.4 Å². The number of pyridine rings is 1. The van der Waals surface area contributed by atoms with Gasteiger partial charge in [0.2, 0.25) is 0 Å². The Bertz CT molecular complexity index is 377. The van der Waals surface area contributed by atoms with Crippen LogP contribution in [-0.2, 0) is 0 Å². The van der Waals surface area contributed by atoms with Crippen LogP contribution in [0.3, 0.4) is 0 Å². The molecule has 0 aliphatic carbocycles. The number of nitrogens with one attached hydrogen (secondary N) is 1. The first-order chi connectivity index (χ1) is 7.26. The van der Waals surface area contributed by atoms with Crippen molar-refractivity contribution in [2.24, 2.45) is 0 Å². The van der Waals surface area contributed by atoms with Crippen LogP contribution >= 0.6 is 0 Å². The fraction of sp³-hybridized carbons (Fsp3) is 0.333. The molecule has 1 aromatic heterocycles. The van der Waals surface area contributed by atoms with Crippen LogP contribution in [0.1, 0.15) is 24.5 Å². The SMILES string of the molecule is CNC(C)C/C=C/c1cncc(C#N)c1. The predicted molar refractivity (Wildman–Crippen MR) is 61.1 cm³/mol. The van der Waals surface area contributed by atoms with Crippen LogP contribution in [0.2, 0.25) is 0 Å². The maximum Gasteiger partial charge on any atom is 0.101 e. The zero-order valence-corrected chi connectivity index (χ0v) is 9.07. The summed E-state index contributed by atoms with van der Waals surface area (Å²) in [5.41, 5.74) is 1.57. The van der Waals surface area contributed by atoms with Gasteiger partial charge in [-0.3, -0.25) is 4.98 Å². The smallest absolute Gasteiger partial charge is 0.101 e. The Labute approximate surface area is 90.5 Å². The second kappa shape index (κ2) is 5.94. The molecule has 1 rings (SSSR count). The van der Waals surface area contributed by atoms with Crippen molar-refractivity contribution < 1.29 is 0 Å². The van der Waals surface area contributed by atoms with E-state index in [1.807, 2.05) is 19.2 Å². The molecule has 3 heteroatoms. The van der Waals surface area contributed by atoms with E-state index < -0.39 is 0 Å². The average Bonchev–Trinajstić information content (AvgIpc) is 2.29. The van der Waals surface area contributed by atoms with Crippen LogP contribution in [-0.4, -0.2) is 18.1 Å². The van der Waals surface area contributed by atoms with Gasteiger partial charge >= 0.3 is 0 Å². The van der Waals surface area contributed by atoms with Crippen LogP contribution in [0.4, 0.5) is 0 Å². The minimum absolute atomic E-state index is 0.466. The maximum atomic E-state index is 8.69. The molecule has 1 atom stereocenters. The summed E-state index contributed by atoms with van der Waals surface area (Å²) in [5.74, 6) is 0. The first kappa shape index (κ1) is 11.4. The van der Waals surface area contributed by atoms with Gasteiger partial charge in [-0.1, -0.05) is 12.2 Å². The van der Waals surface area contributed by atoms with Gasteiger partial charge in [0.05, 0.1) is 5.56 Å². The van der Waals surface area contributed by atoms with Gasteiger partial charge in [-0.2, -0.15) is 5.26 Å². The van der Waals surface area contributed by atoms with Crippen LogP contribution in [0, 0.1) is 11.3 Å². The molecule has 1 aromatic rings. The highest BCUT2D eigenvalue weighted by Crippen LogP contribution is 2.04. The molecule has 78 valence electrons. The second-order valence-electron chi connectivity index (χ2n) is 3.45. The molecule has 0 saturated carbocycles. The summed E-state index contributed by atoms with van der Waals surface area (Å²) in [5, 5.41) is 11.8. The number of hydrogen-bond donors (Lipinski definition) is 1. The Morgan fingerprint density at radius 2 is 2.40 bits per heavy atom. The number of nitrogens with zero attached hydrogens (tertiary/aromatic N) is 2. The van der Waals surface area contributed by atoms with Crippen LogP contribution < -0.4 is 5.32 Å². The minimum atomic E-state index is 0.466. The zero-order valence-electron chi connectivity index (χ0n) is 9.07. The Balaban J connectivity index is 2.61. The van der Waals surface area contributed by atoms with Gasteiger partial charge in [-0.05, 0) is 32.0 Å². The van der Waals surface area contributed by atoms with E-state index in [1.54, 1.807) is 12.4 Å². The van der Waals surface area contributed by atoms with Crippen LogP contribution in [0.25, 0.3) is 6.08 Å². The zero-order chi connectivity index (χ0) is 11.1. The second-order valence-corrected chi connectivity index (χ2v) is 3.45. The van der Waals surface area contributed by atoms with Crippen molar-refractivity contribution in [3.63, 3.8) is 0 Å². The summed E-state index contributed by atoms with van der Waals surface area (Å²) in [6.07, 6.45) is 8.35. The van der Waals surface area contributed by atoms with Crippen molar-refractivity contribution in [3.8, 4) is 6.07 Å². The van der Waals surface area contributed by atoms with E-state index >= 15 is 0 Å². The lowest BCUT2D eigenvalue weighted by Crippen LogP contribution is -2.19. The van der Waals surface area contributed by atoms with Crippen molar-refractivity contribution in [3.05, 3.63) is 35.7 Å².